The molecule has 0 radical (unpaired) electrons. The van der Waals surface area contributed by atoms with Crippen LogP contribution in [0.5, 0.6) is 0 Å². The molecule has 1 aliphatic rings. The Labute approximate surface area is 186 Å². The van der Waals surface area contributed by atoms with Gasteiger partial charge in [-0.25, -0.2) is 4.98 Å². The molecule has 1 aliphatic heterocycles. The number of anilines is 1. The summed E-state index contributed by atoms with van der Waals surface area (Å²) in [7, 11) is 0. The fraction of sp³-hybridized carbons (Fsp3) is 0.148. The molecule has 0 unspecified atom stereocenters. The van der Waals surface area contributed by atoms with Crippen LogP contribution in [-0.4, -0.2) is 22.0 Å². The Morgan fingerprint density at radius 1 is 0.875 bits per heavy atom. The van der Waals surface area contributed by atoms with Crippen molar-refractivity contribution in [3.63, 3.8) is 0 Å². The highest BCUT2D eigenvalue weighted by Gasteiger charge is 2.32. The number of aromatic nitrogens is 2. The minimum Gasteiger partial charge on any atom is -0.308 e. The van der Waals surface area contributed by atoms with Crippen molar-refractivity contribution in [3.05, 3.63) is 100 Å². The van der Waals surface area contributed by atoms with Crippen LogP contribution in [0.4, 0.5) is 5.69 Å². The van der Waals surface area contributed by atoms with E-state index in [0.717, 1.165) is 28.9 Å². The summed E-state index contributed by atoms with van der Waals surface area (Å²) in [5.41, 5.74) is 4.49. The lowest BCUT2D eigenvalue weighted by Crippen LogP contribution is -2.27. The molecule has 158 valence electrons. The lowest BCUT2D eigenvalue weighted by atomic mass is 10.1. The fourth-order valence-corrected chi connectivity index (χ4v) is 4.31. The molecule has 2 heterocycles. The number of fused-ring (bicyclic) bond motifs is 2. The summed E-state index contributed by atoms with van der Waals surface area (Å²) in [6.45, 7) is 4.66. The first kappa shape index (κ1) is 19.9. The Kier molecular flexibility index (Phi) is 4.94. The zero-order valence-electron chi connectivity index (χ0n) is 18.1. The number of hydrogen-bond acceptors (Lipinski definition) is 3. The molecular formula is C27H23N3O2. The van der Waals surface area contributed by atoms with Crippen molar-refractivity contribution in [2.24, 2.45) is 0 Å². The second kappa shape index (κ2) is 7.93. The average Bonchev–Trinajstić information content (AvgIpc) is 3.07. The topological polar surface area (TPSA) is 55.2 Å². The molecule has 32 heavy (non-hydrogen) atoms. The van der Waals surface area contributed by atoms with E-state index in [-0.39, 0.29) is 11.5 Å². The number of carbonyl (C=O) groups excluding carboxylic acids is 1. The van der Waals surface area contributed by atoms with Crippen LogP contribution >= 0.6 is 0 Å². The van der Waals surface area contributed by atoms with Gasteiger partial charge in [-0.1, -0.05) is 55.5 Å². The molecule has 4 aromatic rings. The molecule has 5 heteroatoms. The second-order valence-corrected chi connectivity index (χ2v) is 7.95. The number of amides is 1. The van der Waals surface area contributed by atoms with Crippen LogP contribution in [0.25, 0.3) is 28.2 Å². The van der Waals surface area contributed by atoms with Gasteiger partial charge in [-0.05, 0) is 49.2 Å². The normalized spacial score (nSPS) is 14.4. The molecule has 0 spiro atoms. The summed E-state index contributed by atoms with van der Waals surface area (Å²) >= 11 is 0. The van der Waals surface area contributed by atoms with Crippen LogP contribution in [0.1, 0.15) is 30.3 Å². The van der Waals surface area contributed by atoms with Crippen LogP contribution in [0.15, 0.2) is 77.6 Å². The maximum Gasteiger partial charge on any atom is 0.266 e. The van der Waals surface area contributed by atoms with Crippen LogP contribution < -0.4 is 10.5 Å². The minimum absolute atomic E-state index is 0.0632. The third-order valence-electron chi connectivity index (χ3n) is 5.84. The van der Waals surface area contributed by atoms with E-state index in [2.05, 4.69) is 6.92 Å². The SMILES string of the molecule is CCCN1C(=O)/C(=C/c2nc3ccccc3c(=O)n2-c2ccccc2C)c2ccccc21. The van der Waals surface area contributed by atoms with Gasteiger partial charge in [0, 0.05) is 12.1 Å². The number of aryl methyl sites for hydroxylation is 1. The van der Waals surface area contributed by atoms with Gasteiger partial charge in [0.1, 0.15) is 5.82 Å². The summed E-state index contributed by atoms with van der Waals surface area (Å²) in [6.07, 6.45) is 2.62. The summed E-state index contributed by atoms with van der Waals surface area (Å²) in [6, 6.07) is 22.8. The predicted molar refractivity (Wildman–Crippen MR) is 129 cm³/mol. The van der Waals surface area contributed by atoms with Gasteiger partial charge in [0.2, 0.25) is 0 Å². The van der Waals surface area contributed by atoms with Crippen molar-refractivity contribution in [1.82, 2.24) is 9.55 Å². The molecule has 0 fully saturated rings. The Bertz CT molecular complexity index is 1450. The average molecular weight is 422 g/mol. The third kappa shape index (κ3) is 3.14. The predicted octanol–water partition coefficient (Wildman–Crippen LogP) is 4.99. The van der Waals surface area contributed by atoms with E-state index in [1.165, 1.54) is 0 Å². The van der Waals surface area contributed by atoms with Gasteiger partial charge in [-0.15, -0.1) is 0 Å². The number of hydrogen-bond donors (Lipinski definition) is 0. The molecule has 5 nitrogen and oxygen atoms in total. The lowest BCUT2D eigenvalue weighted by molar-refractivity contribution is -0.113. The van der Waals surface area contributed by atoms with Gasteiger partial charge < -0.3 is 4.90 Å². The van der Waals surface area contributed by atoms with Gasteiger partial charge in [0.25, 0.3) is 11.5 Å². The lowest BCUT2D eigenvalue weighted by Gasteiger charge is -2.15. The fourth-order valence-electron chi connectivity index (χ4n) is 4.31. The highest BCUT2D eigenvalue weighted by atomic mass is 16.2. The molecule has 0 saturated heterocycles. The summed E-state index contributed by atoms with van der Waals surface area (Å²) in [5, 5.41) is 0.545. The molecule has 1 amide bonds. The van der Waals surface area contributed by atoms with E-state index in [1.54, 1.807) is 21.6 Å². The van der Waals surface area contributed by atoms with Crippen molar-refractivity contribution in [2.45, 2.75) is 20.3 Å². The number of benzene rings is 3. The largest absolute Gasteiger partial charge is 0.308 e. The molecule has 0 atom stereocenters. The quantitative estimate of drug-likeness (QED) is 0.436. The van der Waals surface area contributed by atoms with Gasteiger partial charge in [-0.2, -0.15) is 0 Å². The molecule has 0 N–H and O–H groups in total. The van der Waals surface area contributed by atoms with Gasteiger partial charge in [-0.3, -0.25) is 14.2 Å². The highest BCUT2D eigenvalue weighted by Crippen LogP contribution is 2.37. The first-order valence-electron chi connectivity index (χ1n) is 10.8. The molecule has 0 aliphatic carbocycles. The van der Waals surface area contributed by atoms with Crippen LogP contribution in [0.2, 0.25) is 0 Å². The van der Waals surface area contributed by atoms with Gasteiger partial charge in [0.05, 0.1) is 27.9 Å². The third-order valence-corrected chi connectivity index (χ3v) is 5.84. The summed E-state index contributed by atoms with van der Waals surface area (Å²) in [4.78, 5) is 33.5. The van der Waals surface area contributed by atoms with Crippen molar-refractivity contribution in [3.8, 4) is 5.69 Å². The summed E-state index contributed by atoms with van der Waals surface area (Å²) < 4.78 is 1.61. The first-order valence-corrected chi connectivity index (χ1v) is 10.8. The van der Waals surface area contributed by atoms with Crippen LogP contribution in [-0.2, 0) is 4.79 Å². The van der Waals surface area contributed by atoms with Crippen LogP contribution in [0, 0.1) is 6.92 Å². The smallest absolute Gasteiger partial charge is 0.266 e. The molecular weight excluding hydrogens is 398 g/mol. The van der Waals surface area contributed by atoms with Gasteiger partial charge in [0.15, 0.2) is 0 Å². The Morgan fingerprint density at radius 2 is 1.56 bits per heavy atom. The summed E-state index contributed by atoms with van der Waals surface area (Å²) in [5.74, 6) is 0.381. The number of nitrogens with zero attached hydrogens (tertiary/aromatic N) is 3. The van der Waals surface area contributed by atoms with E-state index in [1.807, 2.05) is 73.7 Å². The standard InChI is InChI=1S/C27H23N3O2/c1-3-16-29-24-15-9-6-11-19(24)21(26(29)31)17-25-28-22-13-7-5-12-20(22)27(32)30(25)23-14-8-4-10-18(23)2/h4-15,17H,3,16H2,1-2H3/b21-17+. The Balaban J connectivity index is 1.81. The minimum atomic E-state index is -0.152. The zero-order valence-corrected chi connectivity index (χ0v) is 18.1. The number of carbonyl (C=O) groups is 1. The zero-order chi connectivity index (χ0) is 22.2. The molecule has 5 rings (SSSR count). The highest BCUT2D eigenvalue weighted by molar-refractivity contribution is 6.35. The first-order chi connectivity index (χ1) is 15.6. The van der Waals surface area contributed by atoms with E-state index in [4.69, 9.17) is 4.98 Å². The molecule has 0 bridgehead atoms. The maximum absolute atomic E-state index is 13.6. The van der Waals surface area contributed by atoms with E-state index in [0.29, 0.717) is 28.8 Å². The number of rotatable bonds is 4. The van der Waals surface area contributed by atoms with Crippen molar-refractivity contribution in [1.29, 1.82) is 0 Å². The Morgan fingerprint density at radius 3 is 2.34 bits per heavy atom. The van der Waals surface area contributed by atoms with E-state index in [9.17, 15) is 9.59 Å². The monoisotopic (exact) mass is 421 g/mol. The molecule has 0 saturated carbocycles. The molecule has 1 aromatic heterocycles. The Hall–Kier alpha value is -3.99. The van der Waals surface area contributed by atoms with Crippen molar-refractivity contribution < 1.29 is 4.79 Å². The van der Waals surface area contributed by atoms with E-state index < -0.39 is 0 Å². The van der Waals surface area contributed by atoms with Crippen molar-refractivity contribution >= 4 is 34.1 Å². The van der Waals surface area contributed by atoms with Crippen LogP contribution in [0.3, 0.4) is 0 Å². The van der Waals surface area contributed by atoms with E-state index >= 15 is 0 Å². The number of para-hydroxylation sites is 3. The van der Waals surface area contributed by atoms with Crippen molar-refractivity contribution in [2.75, 3.05) is 11.4 Å². The molecule has 3 aromatic carbocycles. The maximum atomic E-state index is 13.6. The second-order valence-electron chi connectivity index (χ2n) is 7.95. The van der Waals surface area contributed by atoms with Gasteiger partial charge >= 0.3 is 0 Å².